The topological polar surface area (TPSA) is 105 Å². The highest BCUT2D eigenvalue weighted by Crippen LogP contribution is 2.43. The number of carbonyl (C=O) groups is 1. The van der Waals surface area contributed by atoms with Crippen molar-refractivity contribution in [2.45, 2.75) is 238 Å². The summed E-state index contributed by atoms with van der Waals surface area (Å²) in [5.41, 5.74) is 0. The third-order valence-corrected chi connectivity index (χ3v) is 12.1. The van der Waals surface area contributed by atoms with Crippen LogP contribution in [0.4, 0.5) is 0 Å². The molecule has 3 unspecified atom stereocenters. The van der Waals surface area contributed by atoms with E-state index < -0.39 is 20.0 Å². The van der Waals surface area contributed by atoms with Gasteiger partial charge in [-0.2, -0.15) is 0 Å². The van der Waals surface area contributed by atoms with E-state index in [0.717, 1.165) is 57.8 Å². The maximum Gasteiger partial charge on any atom is 0.472 e. The number of phosphoric acid groups is 1. The summed E-state index contributed by atoms with van der Waals surface area (Å²) in [4.78, 5) is 22.8. The second-order valence-corrected chi connectivity index (χ2v) is 19.6. The monoisotopic (exact) mass is 854 g/mol. The molecule has 0 spiro atoms. The zero-order chi connectivity index (χ0) is 43.6. The molecule has 0 aliphatic heterocycles. The van der Waals surface area contributed by atoms with Crippen molar-refractivity contribution in [3.63, 3.8) is 0 Å². The van der Waals surface area contributed by atoms with E-state index in [0.29, 0.717) is 17.4 Å². The number of likely N-dealkylation sites (N-methyl/N-ethyl adjacent to an activating group) is 1. The van der Waals surface area contributed by atoms with Crippen molar-refractivity contribution >= 4 is 13.7 Å². The molecule has 0 saturated carbocycles. The summed E-state index contributed by atoms with van der Waals surface area (Å²) in [6, 6.07) is -0.863. The highest BCUT2D eigenvalue weighted by molar-refractivity contribution is 7.47. The van der Waals surface area contributed by atoms with Gasteiger partial charge in [-0.1, -0.05) is 211 Å². The molecule has 9 heteroatoms. The van der Waals surface area contributed by atoms with Gasteiger partial charge in [-0.15, -0.1) is 0 Å². The predicted octanol–water partition coefficient (Wildman–Crippen LogP) is 14.3. The second-order valence-electron chi connectivity index (χ2n) is 18.2. The Balaban J connectivity index is 3.98. The molecule has 1 amide bonds. The number of amides is 1. The van der Waals surface area contributed by atoms with Crippen LogP contribution in [0, 0.1) is 0 Å². The molecule has 0 aliphatic rings. The summed E-state index contributed by atoms with van der Waals surface area (Å²) in [7, 11) is 1.54. The first-order chi connectivity index (χ1) is 28.5. The van der Waals surface area contributed by atoms with Crippen molar-refractivity contribution in [2.75, 3.05) is 40.9 Å². The lowest BCUT2D eigenvalue weighted by atomic mass is 10.0. The molecule has 0 saturated heterocycles. The Kier molecular flexibility index (Phi) is 41.1. The van der Waals surface area contributed by atoms with Gasteiger partial charge >= 0.3 is 7.82 Å². The van der Waals surface area contributed by atoms with Crippen LogP contribution in [0.5, 0.6) is 0 Å². The first-order valence-corrected chi connectivity index (χ1v) is 26.4. The number of carbonyl (C=O) groups excluding carboxylic acids is 1. The Bertz CT molecular complexity index is 1060. The normalized spacial score (nSPS) is 14.5. The molecule has 3 N–H and O–H groups in total. The van der Waals surface area contributed by atoms with Crippen LogP contribution < -0.4 is 5.32 Å². The Labute approximate surface area is 366 Å². The molecular formula is C50H98N2O6P+. The van der Waals surface area contributed by atoms with E-state index in [1.807, 2.05) is 27.2 Å². The minimum Gasteiger partial charge on any atom is -0.387 e. The van der Waals surface area contributed by atoms with Gasteiger partial charge in [-0.05, 0) is 44.9 Å². The number of aliphatic hydroxyl groups excluding tert-OH is 1. The van der Waals surface area contributed by atoms with Crippen LogP contribution in [-0.2, 0) is 18.4 Å². The van der Waals surface area contributed by atoms with Crippen LogP contribution in [0.25, 0.3) is 0 Å². The fraction of sp³-hybridized carbons (Fsp3) is 0.860. The van der Waals surface area contributed by atoms with Crippen LogP contribution in [0.1, 0.15) is 226 Å². The molecule has 0 rings (SSSR count). The lowest BCUT2D eigenvalue weighted by Gasteiger charge is -2.25. The van der Waals surface area contributed by atoms with Crippen molar-refractivity contribution in [2.24, 2.45) is 0 Å². The van der Waals surface area contributed by atoms with Crippen molar-refractivity contribution in [1.29, 1.82) is 0 Å². The summed E-state index contributed by atoms with van der Waals surface area (Å²) in [6.07, 6.45) is 53.1. The minimum atomic E-state index is -4.34. The summed E-state index contributed by atoms with van der Waals surface area (Å²) < 4.78 is 23.4. The molecule has 8 nitrogen and oxygen atoms in total. The van der Waals surface area contributed by atoms with E-state index in [-0.39, 0.29) is 19.1 Å². The maximum atomic E-state index is 12.6. The summed E-state index contributed by atoms with van der Waals surface area (Å²) in [6.45, 7) is 4.69. The Hall–Kier alpha value is -1.28. The van der Waals surface area contributed by atoms with E-state index in [4.69, 9.17) is 9.05 Å². The fourth-order valence-electron chi connectivity index (χ4n) is 7.13. The Morgan fingerprint density at radius 1 is 0.559 bits per heavy atom. The first kappa shape index (κ1) is 57.7. The lowest BCUT2D eigenvalue weighted by Crippen LogP contribution is -2.45. The number of phosphoric ester groups is 1. The molecular weight excluding hydrogens is 756 g/mol. The number of aliphatic hydroxyl groups is 1. The third-order valence-electron chi connectivity index (χ3n) is 11.1. The fourth-order valence-corrected chi connectivity index (χ4v) is 7.87. The SMILES string of the molecule is CCCCCCCCCCCCCCCCCCCCCCCC/C=C/CC/C=C/CC/C=C/C(O)C(COP(=O)(O)OCC[N+](C)(C)C)NC(=O)CCCCCCC. The number of nitrogens with zero attached hydrogens (tertiary/aromatic N) is 1. The van der Waals surface area contributed by atoms with Gasteiger partial charge < -0.3 is 19.8 Å². The van der Waals surface area contributed by atoms with Crippen molar-refractivity contribution in [1.82, 2.24) is 5.32 Å². The zero-order valence-corrected chi connectivity index (χ0v) is 40.4. The van der Waals surface area contributed by atoms with Gasteiger partial charge in [0, 0.05) is 6.42 Å². The van der Waals surface area contributed by atoms with Crippen LogP contribution in [0.3, 0.4) is 0 Å². The van der Waals surface area contributed by atoms with Crippen LogP contribution in [0.2, 0.25) is 0 Å². The van der Waals surface area contributed by atoms with Crippen molar-refractivity contribution < 1.29 is 32.9 Å². The predicted molar refractivity (Wildman–Crippen MR) is 254 cm³/mol. The standard InChI is InChI=1S/C50H97N2O6P/c1-6-8-10-12-13-14-15-16-17-18-19-20-21-22-23-24-25-26-27-28-29-30-31-32-33-34-35-36-37-38-40-41-43-49(53)48(51-50(54)44-42-39-11-9-7-2)47-58-59(55,56)57-46-45-52(3,4)5/h32-33,36-37,41,43,48-49,53H,6-31,34-35,38-40,42,44-47H2,1-5H3,(H-,51,54,55,56)/p+1/b33-32+,37-36+,43-41+. The number of hydrogen-bond donors (Lipinski definition) is 3. The summed E-state index contributed by atoms with van der Waals surface area (Å²) in [5.74, 6) is -0.204. The first-order valence-electron chi connectivity index (χ1n) is 24.9. The van der Waals surface area contributed by atoms with E-state index in [2.05, 4.69) is 43.5 Å². The van der Waals surface area contributed by atoms with E-state index >= 15 is 0 Å². The van der Waals surface area contributed by atoms with Gasteiger partial charge in [-0.3, -0.25) is 13.8 Å². The molecule has 0 heterocycles. The van der Waals surface area contributed by atoms with Gasteiger partial charge in [-0.25, -0.2) is 4.57 Å². The van der Waals surface area contributed by atoms with Crippen LogP contribution >= 0.6 is 7.82 Å². The molecule has 0 fully saturated rings. The average Bonchev–Trinajstić information content (AvgIpc) is 3.19. The summed E-state index contributed by atoms with van der Waals surface area (Å²) in [5, 5.41) is 13.7. The summed E-state index contributed by atoms with van der Waals surface area (Å²) >= 11 is 0. The molecule has 0 aromatic carbocycles. The molecule has 59 heavy (non-hydrogen) atoms. The van der Waals surface area contributed by atoms with E-state index in [9.17, 15) is 19.4 Å². The number of unbranched alkanes of at least 4 members (excludes halogenated alkanes) is 28. The number of nitrogens with one attached hydrogen (secondary N) is 1. The molecule has 0 aromatic rings. The van der Waals surface area contributed by atoms with E-state index in [1.165, 1.54) is 148 Å². The number of allylic oxidation sites excluding steroid dienone is 5. The highest BCUT2D eigenvalue weighted by atomic mass is 31.2. The number of hydrogen-bond acceptors (Lipinski definition) is 5. The van der Waals surface area contributed by atoms with Crippen molar-refractivity contribution in [3.05, 3.63) is 36.5 Å². The van der Waals surface area contributed by atoms with Crippen molar-refractivity contribution in [3.8, 4) is 0 Å². The highest BCUT2D eigenvalue weighted by Gasteiger charge is 2.27. The molecule has 0 aromatic heterocycles. The second kappa shape index (κ2) is 42.0. The third kappa shape index (κ3) is 44.6. The quantitative estimate of drug-likeness (QED) is 0.0244. The van der Waals surface area contributed by atoms with Crippen LogP contribution in [-0.4, -0.2) is 73.4 Å². The van der Waals surface area contributed by atoms with Gasteiger partial charge in [0.2, 0.25) is 5.91 Å². The molecule has 0 aliphatic carbocycles. The largest absolute Gasteiger partial charge is 0.472 e. The average molecular weight is 854 g/mol. The minimum absolute atomic E-state index is 0.0536. The molecule has 3 atom stereocenters. The Morgan fingerprint density at radius 3 is 1.36 bits per heavy atom. The Morgan fingerprint density at radius 2 is 0.932 bits per heavy atom. The molecule has 0 bridgehead atoms. The van der Waals surface area contributed by atoms with Gasteiger partial charge in [0.05, 0.1) is 39.9 Å². The lowest BCUT2D eigenvalue weighted by molar-refractivity contribution is -0.870. The van der Waals surface area contributed by atoms with Gasteiger partial charge in [0.15, 0.2) is 0 Å². The number of rotatable bonds is 45. The zero-order valence-electron chi connectivity index (χ0n) is 39.5. The molecule has 0 radical (unpaired) electrons. The van der Waals surface area contributed by atoms with E-state index in [1.54, 1.807) is 6.08 Å². The van der Waals surface area contributed by atoms with Gasteiger partial charge in [0.25, 0.3) is 0 Å². The maximum absolute atomic E-state index is 12.6. The smallest absolute Gasteiger partial charge is 0.387 e. The molecule has 348 valence electrons. The van der Waals surface area contributed by atoms with Gasteiger partial charge in [0.1, 0.15) is 13.2 Å². The number of quaternary nitrogens is 1. The van der Waals surface area contributed by atoms with Crippen LogP contribution in [0.15, 0.2) is 36.5 Å².